The van der Waals surface area contributed by atoms with E-state index in [0.717, 1.165) is 6.07 Å². The highest BCUT2D eigenvalue weighted by atomic mass is 127. The lowest BCUT2D eigenvalue weighted by molar-refractivity contribution is -0.275. The molecule has 0 aliphatic heterocycles. The van der Waals surface area contributed by atoms with Crippen LogP contribution >= 0.6 is 22.6 Å². The summed E-state index contributed by atoms with van der Waals surface area (Å²) in [4.78, 5) is 15.2. The zero-order chi connectivity index (χ0) is 14.6. The van der Waals surface area contributed by atoms with Crippen LogP contribution < -0.4 is 4.74 Å². The van der Waals surface area contributed by atoms with Crippen LogP contribution in [-0.2, 0) is 11.4 Å². The number of nitrogens with zero attached hydrogens (tertiary/aromatic N) is 1. The monoisotopic (exact) mass is 393 g/mol. The lowest BCUT2D eigenvalue weighted by Gasteiger charge is -2.14. The number of rotatable bonds is 4. The number of ether oxygens (including phenoxy) is 2. The quantitative estimate of drug-likeness (QED) is 0.341. The molecule has 0 amide bonds. The minimum Gasteiger partial charge on any atom is -0.461 e. The van der Waals surface area contributed by atoms with Gasteiger partial charge in [0.05, 0.1) is 12.2 Å². The van der Waals surface area contributed by atoms with Crippen LogP contribution in [0.3, 0.4) is 0 Å². The van der Waals surface area contributed by atoms with Gasteiger partial charge in [-0.25, -0.2) is 14.2 Å². The Balaban J connectivity index is 3.28. The van der Waals surface area contributed by atoms with Crippen molar-refractivity contribution in [2.24, 2.45) is 0 Å². The fourth-order valence-corrected chi connectivity index (χ4v) is 1.76. The molecule has 1 rings (SSSR count). The largest absolute Gasteiger partial charge is 0.573 e. The molecule has 0 aliphatic rings. The molecule has 4 nitrogen and oxygen atoms in total. The Morgan fingerprint density at radius 2 is 2.11 bits per heavy atom. The van der Waals surface area contributed by atoms with Crippen LogP contribution in [0.2, 0.25) is 0 Å². The smallest absolute Gasteiger partial charge is 0.461 e. The number of carbonyl (C=O) groups excluding carboxylic acids is 1. The molecule has 1 heterocycles. The molecule has 0 atom stereocenters. The highest BCUT2D eigenvalue weighted by Gasteiger charge is 2.33. The predicted octanol–water partition coefficient (Wildman–Crippen LogP) is 3.23. The lowest BCUT2D eigenvalue weighted by atomic mass is 10.2. The standard InChI is InChI=1S/C10H8F4INO3/c1-2-18-9(17)8-5(4-11)6(3-7(15)16-8)19-10(12,13)14/h3H,2,4H2,1H3. The van der Waals surface area contributed by atoms with Crippen LogP contribution in [-0.4, -0.2) is 23.9 Å². The summed E-state index contributed by atoms with van der Waals surface area (Å²) in [6.07, 6.45) is -4.99. The summed E-state index contributed by atoms with van der Waals surface area (Å²) in [5.41, 5.74) is -1.10. The SMILES string of the molecule is CCOC(=O)c1nc(I)cc(OC(F)(F)F)c1CF. The van der Waals surface area contributed by atoms with Gasteiger partial charge in [-0.15, -0.1) is 13.2 Å². The number of pyridine rings is 1. The van der Waals surface area contributed by atoms with E-state index in [0.29, 0.717) is 0 Å². The molecule has 0 bridgehead atoms. The molecule has 0 spiro atoms. The van der Waals surface area contributed by atoms with E-state index in [4.69, 9.17) is 0 Å². The third-order valence-electron chi connectivity index (χ3n) is 1.88. The molecule has 0 aromatic carbocycles. The summed E-state index contributed by atoms with van der Waals surface area (Å²) < 4.78 is 57.8. The molecule has 0 N–H and O–H groups in total. The van der Waals surface area contributed by atoms with Crippen LogP contribution in [0, 0.1) is 3.70 Å². The summed E-state index contributed by atoms with van der Waals surface area (Å²) in [5.74, 6) is -1.79. The van der Waals surface area contributed by atoms with E-state index in [1.807, 2.05) is 0 Å². The van der Waals surface area contributed by atoms with Gasteiger partial charge in [0.25, 0.3) is 0 Å². The third-order valence-corrected chi connectivity index (χ3v) is 2.43. The minimum atomic E-state index is -4.99. The van der Waals surface area contributed by atoms with Gasteiger partial charge in [-0.1, -0.05) is 0 Å². The van der Waals surface area contributed by atoms with Gasteiger partial charge in [0.2, 0.25) is 0 Å². The lowest BCUT2D eigenvalue weighted by Crippen LogP contribution is -2.20. The number of hydrogen-bond acceptors (Lipinski definition) is 4. The Labute approximate surface area is 119 Å². The van der Waals surface area contributed by atoms with Crippen LogP contribution in [0.1, 0.15) is 23.0 Å². The van der Waals surface area contributed by atoms with Crippen molar-refractivity contribution in [1.82, 2.24) is 4.98 Å². The molecule has 0 fully saturated rings. The fourth-order valence-electron chi connectivity index (χ4n) is 1.23. The summed E-state index contributed by atoms with van der Waals surface area (Å²) in [5, 5.41) is 0. The Morgan fingerprint density at radius 1 is 1.47 bits per heavy atom. The van der Waals surface area contributed by atoms with Gasteiger partial charge < -0.3 is 9.47 Å². The van der Waals surface area contributed by atoms with E-state index < -0.39 is 36.0 Å². The second kappa shape index (κ2) is 6.35. The molecular formula is C10H8F4INO3. The van der Waals surface area contributed by atoms with Crippen molar-refractivity contribution >= 4 is 28.6 Å². The zero-order valence-corrected chi connectivity index (χ0v) is 11.7. The van der Waals surface area contributed by atoms with E-state index in [1.165, 1.54) is 6.92 Å². The van der Waals surface area contributed by atoms with Gasteiger partial charge >= 0.3 is 12.3 Å². The fraction of sp³-hybridized carbons (Fsp3) is 0.400. The molecule has 106 valence electrons. The van der Waals surface area contributed by atoms with Gasteiger partial charge in [0, 0.05) is 6.07 Å². The Morgan fingerprint density at radius 3 is 2.58 bits per heavy atom. The number of esters is 1. The first kappa shape index (κ1) is 15.9. The number of alkyl halides is 4. The van der Waals surface area contributed by atoms with Crippen LogP contribution in [0.5, 0.6) is 5.75 Å². The Bertz CT molecular complexity index is 479. The molecular weight excluding hydrogens is 385 g/mol. The van der Waals surface area contributed by atoms with E-state index in [2.05, 4.69) is 14.5 Å². The van der Waals surface area contributed by atoms with Crippen molar-refractivity contribution in [3.8, 4) is 5.75 Å². The molecule has 19 heavy (non-hydrogen) atoms. The maximum Gasteiger partial charge on any atom is 0.573 e. The molecule has 0 aliphatic carbocycles. The third kappa shape index (κ3) is 4.48. The highest BCUT2D eigenvalue weighted by Crippen LogP contribution is 2.30. The summed E-state index contributed by atoms with van der Waals surface area (Å²) in [6.45, 7) is 0.171. The molecule has 1 aromatic rings. The van der Waals surface area contributed by atoms with Crippen LogP contribution in [0.25, 0.3) is 0 Å². The topological polar surface area (TPSA) is 48.4 Å². The Hall–Kier alpha value is -1.13. The number of halogens is 5. The second-order valence-corrected chi connectivity index (χ2v) is 4.28. The van der Waals surface area contributed by atoms with Gasteiger partial charge in [-0.05, 0) is 29.5 Å². The van der Waals surface area contributed by atoms with E-state index in [1.54, 1.807) is 22.6 Å². The second-order valence-electron chi connectivity index (χ2n) is 3.17. The number of carbonyl (C=O) groups is 1. The van der Waals surface area contributed by atoms with Crippen molar-refractivity contribution in [2.45, 2.75) is 20.0 Å². The normalized spacial score (nSPS) is 11.3. The van der Waals surface area contributed by atoms with E-state index in [9.17, 15) is 22.4 Å². The number of hydrogen-bond donors (Lipinski definition) is 0. The van der Waals surface area contributed by atoms with Gasteiger partial charge in [0.1, 0.15) is 16.1 Å². The van der Waals surface area contributed by atoms with Crippen molar-refractivity contribution in [3.63, 3.8) is 0 Å². The highest BCUT2D eigenvalue weighted by molar-refractivity contribution is 14.1. The van der Waals surface area contributed by atoms with Crippen molar-refractivity contribution in [2.75, 3.05) is 6.61 Å². The average Bonchev–Trinajstić information content (AvgIpc) is 2.26. The zero-order valence-electron chi connectivity index (χ0n) is 9.55. The molecule has 1 aromatic heterocycles. The molecule has 0 saturated carbocycles. The summed E-state index contributed by atoms with van der Waals surface area (Å²) in [7, 11) is 0. The van der Waals surface area contributed by atoms with Gasteiger partial charge in [-0.2, -0.15) is 0 Å². The van der Waals surface area contributed by atoms with Crippen molar-refractivity contribution < 1.29 is 31.8 Å². The molecule has 0 saturated heterocycles. The van der Waals surface area contributed by atoms with E-state index in [-0.39, 0.29) is 10.3 Å². The van der Waals surface area contributed by atoms with Gasteiger partial charge in [-0.3, -0.25) is 0 Å². The molecule has 9 heteroatoms. The maximum absolute atomic E-state index is 12.9. The minimum absolute atomic E-state index is 0.00677. The van der Waals surface area contributed by atoms with Crippen molar-refractivity contribution in [1.29, 1.82) is 0 Å². The number of aromatic nitrogens is 1. The first-order chi connectivity index (χ1) is 8.78. The van der Waals surface area contributed by atoms with Gasteiger partial charge in [0.15, 0.2) is 5.69 Å². The molecule has 0 unspecified atom stereocenters. The summed E-state index contributed by atoms with van der Waals surface area (Å²) in [6, 6.07) is 0.895. The van der Waals surface area contributed by atoms with E-state index >= 15 is 0 Å². The van der Waals surface area contributed by atoms with Crippen LogP contribution in [0.4, 0.5) is 17.6 Å². The maximum atomic E-state index is 12.9. The predicted molar refractivity (Wildman–Crippen MR) is 64.4 cm³/mol. The first-order valence-corrected chi connectivity index (χ1v) is 6.04. The molecule has 0 radical (unpaired) electrons. The van der Waals surface area contributed by atoms with Crippen LogP contribution in [0.15, 0.2) is 6.07 Å². The van der Waals surface area contributed by atoms with Crippen molar-refractivity contribution in [3.05, 3.63) is 21.0 Å². The average molecular weight is 393 g/mol. The first-order valence-electron chi connectivity index (χ1n) is 4.96. The Kier molecular flexibility index (Phi) is 5.32. The summed E-state index contributed by atoms with van der Waals surface area (Å²) >= 11 is 1.59.